The number of carbonyl (C=O) groups is 2. The highest BCUT2D eigenvalue weighted by atomic mass is 32.2. The van der Waals surface area contributed by atoms with Gasteiger partial charge in [-0.25, -0.2) is 12.8 Å². The van der Waals surface area contributed by atoms with Gasteiger partial charge in [0.05, 0.1) is 6.54 Å². The minimum Gasteiger partial charge on any atom is -0.352 e. The Hall–Kier alpha value is -2.82. The fourth-order valence-electron chi connectivity index (χ4n) is 3.99. The summed E-state index contributed by atoms with van der Waals surface area (Å²) in [6.07, 6.45) is 2.19. The molecule has 2 aromatic carbocycles. The topological polar surface area (TPSA) is 98.8 Å². The number of halogens is 1. The summed E-state index contributed by atoms with van der Waals surface area (Å²) in [6, 6.07) is 13.4. The fourth-order valence-corrected chi connectivity index (χ4v) is 5.26. The number of benzene rings is 2. The molecule has 2 fully saturated rings. The minimum absolute atomic E-state index is 0.0121. The van der Waals surface area contributed by atoms with Crippen LogP contribution in [0.5, 0.6) is 0 Å². The highest BCUT2D eigenvalue weighted by Crippen LogP contribution is 2.19. The third-order valence-corrected chi connectivity index (χ3v) is 7.50. The maximum Gasteiger partial charge on any atom is 0.244 e. The molecule has 2 aromatic rings. The van der Waals surface area contributed by atoms with Crippen molar-refractivity contribution in [2.24, 2.45) is 0 Å². The quantitative estimate of drug-likeness (QED) is 0.552. The number of hydrogen-bond acceptors (Lipinski definition) is 5. The molecule has 1 saturated carbocycles. The van der Waals surface area contributed by atoms with E-state index in [-0.39, 0.29) is 24.8 Å². The Kier molecular flexibility index (Phi) is 7.60. The van der Waals surface area contributed by atoms with E-state index in [1.165, 1.54) is 18.2 Å². The normalized spacial score (nSPS) is 17.9. The second-order valence-corrected chi connectivity index (χ2v) is 10.4. The summed E-state index contributed by atoms with van der Waals surface area (Å²) in [5.41, 5.74) is 0.785. The molecule has 2 N–H and O–H groups in total. The van der Waals surface area contributed by atoms with Gasteiger partial charge in [-0.3, -0.25) is 14.5 Å². The average Bonchev–Trinajstić information content (AvgIpc) is 3.63. The lowest BCUT2D eigenvalue weighted by atomic mass is 10.1. The molecular weight excluding hydrogens is 459 g/mol. The minimum atomic E-state index is -4.26. The van der Waals surface area contributed by atoms with Gasteiger partial charge in [-0.05, 0) is 37.0 Å². The van der Waals surface area contributed by atoms with Crippen molar-refractivity contribution in [3.63, 3.8) is 0 Å². The van der Waals surface area contributed by atoms with Crippen LogP contribution >= 0.6 is 0 Å². The lowest BCUT2D eigenvalue weighted by molar-refractivity contribution is -0.135. The predicted octanol–water partition coefficient (Wildman–Crippen LogP) is 1.14. The van der Waals surface area contributed by atoms with E-state index in [0.29, 0.717) is 32.2 Å². The summed E-state index contributed by atoms with van der Waals surface area (Å²) >= 11 is 0. The molecule has 1 aliphatic heterocycles. The Morgan fingerprint density at radius 1 is 0.971 bits per heavy atom. The Bertz CT molecular complexity index is 1120. The third kappa shape index (κ3) is 6.40. The number of rotatable bonds is 9. The zero-order valence-electron chi connectivity index (χ0n) is 18.8. The molecule has 1 atom stereocenters. The van der Waals surface area contributed by atoms with Gasteiger partial charge in [-0.2, -0.15) is 4.72 Å². The van der Waals surface area contributed by atoms with E-state index in [1.807, 2.05) is 35.2 Å². The maximum atomic E-state index is 14.2. The second kappa shape index (κ2) is 10.6. The van der Waals surface area contributed by atoms with Gasteiger partial charge in [-0.1, -0.05) is 42.5 Å². The van der Waals surface area contributed by atoms with Crippen molar-refractivity contribution in [2.45, 2.75) is 36.2 Å². The van der Waals surface area contributed by atoms with Crippen LogP contribution in [0.1, 0.15) is 18.4 Å². The Labute approximate surface area is 199 Å². The summed E-state index contributed by atoms with van der Waals surface area (Å²) in [7, 11) is -4.26. The van der Waals surface area contributed by atoms with Crippen molar-refractivity contribution < 1.29 is 22.4 Å². The van der Waals surface area contributed by atoms with Gasteiger partial charge >= 0.3 is 0 Å². The van der Waals surface area contributed by atoms with Crippen LogP contribution in [-0.2, 0) is 26.0 Å². The van der Waals surface area contributed by atoms with Crippen LogP contribution in [0.25, 0.3) is 0 Å². The molecule has 2 aliphatic rings. The molecule has 0 radical (unpaired) electrons. The van der Waals surface area contributed by atoms with E-state index in [2.05, 4.69) is 10.0 Å². The van der Waals surface area contributed by atoms with Crippen LogP contribution < -0.4 is 10.0 Å². The zero-order valence-corrected chi connectivity index (χ0v) is 19.6. The number of piperazine rings is 1. The second-order valence-electron chi connectivity index (χ2n) is 8.74. The summed E-state index contributed by atoms with van der Waals surface area (Å²) < 4.78 is 42.5. The maximum absolute atomic E-state index is 14.2. The molecule has 10 heteroatoms. The largest absolute Gasteiger partial charge is 0.352 e. The molecule has 1 saturated heterocycles. The highest BCUT2D eigenvalue weighted by molar-refractivity contribution is 7.89. The highest BCUT2D eigenvalue weighted by Gasteiger charge is 2.33. The molecule has 2 amide bonds. The summed E-state index contributed by atoms with van der Waals surface area (Å²) in [4.78, 5) is 28.5. The molecule has 1 unspecified atom stereocenters. The van der Waals surface area contributed by atoms with Gasteiger partial charge in [0, 0.05) is 32.2 Å². The Morgan fingerprint density at radius 3 is 2.26 bits per heavy atom. The van der Waals surface area contributed by atoms with Crippen molar-refractivity contribution >= 4 is 21.8 Å². The standard InChI is InChI=1S/C24H29FN4O4S/c25-20-8-4-5-9-22(20)34(32,33)27-21(16-18-6-2-1-3-7-18)24(31)29-14-12-28(13-15-29)17-23(30)26-19-10-11-19/h1-9,19,21,27H,10-17H2,(H,26,30). The number of hydrogen-bond donors (Lipinski definition) is 2. The molecule has 34 heavy (non-hydrogen) atoms. The molecular formula is C24H29FN4O4S. The number of sulfonamides is 1. The molecule has 0 aromatic heterocycles. The van der Waals surface area contributed by atoms with Gasteiger partial charge in [-0.15, -0.1) is 0 Å². The molecule has 0 spiro atoms. The molecule has 0 bridgehead atoms. The van der Waals surface area contributed by atoms with Crippen LogP contribution in [0.3, 0.4) is 0 Å². The molecule has 4 rings (SSSR count). The van der Waals surface area contributed by atoms with E-state index in [0.717, 1.165) is 24.5 Å². The van der Waals surface area contributed by atoms with Crippen molar-refractivity contribution in [1.29, 1.82) is 0 Å². The van der Waals surface area contributed by atoms with Crippen LogP contribution in [0.4, 0.5) is 4.39 Å². The monoisotopic (exact) mass is 488 g/mol. The van der Waals surface area contributed by atoms with Gasteiger partial charge < -0.3 is 10.2 Å². The Morgan fingerprint density at radius 2 is 1.62 bits per heavy atom. The van der Waals surface area contributed by atoms with Gasteiger partial charge in [0.1, 0.15) is 16.8 Å². The van der Waals surface area contributed by atoms with Crippen LogP contribution in [-0.4, -0.2) is 74.8 Å². The van der Waals surface area contributed by atoms with E-state index in [1.54, 1.807) is 4.90 Å². The van der Waals surface area contributed by atoms with E-state index >= 15 is 0 Å². The van der Waals surface area contributed by atoms with Gasteiger partial charge in [0.25, 0.3) is 0 Å². The van der Waals surface area contributed by atoms with Gasteiger partial charge in [0.15, 0.2) is 0 Å². The number of nitrogens with one attached hydrogen (secondary N) is 2. The van der Waals surface area contributed by atoms with Crippen LogP contribution in [0.2, 0.25) is 0 Å². The number of nitrogens with zero attached hydrogens (tertiary/aromatic N) is 2. The van der Waals surface area contributed by atoms with Crippen molar-refractivity contribution in [2.75, 3.05) is 32.7 Å². The Balaban J connectivity index is 1.44. The lowest BCUT2D eigenvalue weighted by Gasteiger charge is -2.36. The van der Waals surface area contributed by atoms with E-state index < -0.39 is 26.8 Å². The average molecular weight is 489 g/mol. The van der Waals surface area contributed by atoms with Crippen molar-refractivity contribution in [3.05, 3.63) is 66.0 Å². The third-order valence-electron chi connectivity index (χ3n) is 6.00. The first kappa shape index (κ1) is 24.3. The van der Waals surface area contributed by atoms with E-state index in [9.17, 15) is 22.4 Å². The van der Waals surface area contributed by atoms with Crippen LogP contribution in [0.15, 0.2) is 59.5 Å². The summed E-state index contributed by atoms with van der Waals surface area (Å²) in [6.45, 7) is 2.07. The summed E-state index contributed by atoms with van der Waals surface area (Å²) in [5.74, 6) is -1.26. The lowest BCUT2D eigenvalue weighted by Crippen LogP contribution is -2.56. The smallest absolute Gasteiger partial charge is 0.244 e. The van der Waals surface area contributed by atoms with Crippen molar-refractivity contribution in [3.8, 4) is 0 Å². The zero-order chi connectivity index (χ0) is 24.1. The van der Waals surface area contributed by atoms with E-state index in [4.69, 9.17) is 0 Å². The number of amides is 2. The molecule has 182 valence electrons. The number of carbonyl (C=O) groups excluding carboxylic acids is 2. The van der Waals surface area contributed by atoms with Gasteiger partial charge in [0.2, 0.25) is 21.8 Å². The SMILES string of the molecule is O=C(CN1CCN(C(=O)C(Cc2ccccc2)NS(=O)(=O)c2ccccc2F)CC1)NC1CC1. The first-order chi connectivity index (χ1) is 16.3. The van der Waals surface area contributed by atoms with Crippen LogP contribution in [0, 0.1) is 5.82 Å². The summed E-state index contributed by atoms with van der Waals surface area (Å²) in [5, 5.41) is 2.96. The molecule has 1 heterocycles. The first-order valence-corrected chi connectivity index (χ1v) is 12.9. The predicted molar refractivity (Wildman–Crippen MR) is 125 cm³/mol. The molecule has 8 nitrogen and oxygen atoms in total. The fraction of sp³-hybridized carbons (Fsp3) is 0.417. The first-order valence-electron chi connectivity index (χ1n) is 11.4. The molecule has 1 aliphatic carbocycles. The van der Waals surface area contributed by atoms with Crippen molar-refractivity contribution in [1.82, 2.24) is 19.8 Å².